The van der Waals surface area contributed by atoms with E-state index in [1.54, 1.807) is 25.3 Å². The van der Waals surface area contributed by atoms with Crippen LogP contribution >= 0.6 is 11.8 Å². The summed E-state index contributed by atoms with van der Waals surface area (Å²) in [5.74, 6) is 1.97. The Morgan fingerprint density at radius 3 is 2.89 bits per heavy atom. The molecule has 0 radical (unpaired) electrons. The van der Waals surface area contributed by atoms with Crippen molar-refractivity contribution in [1.82, 2.24) is 0 Å². The number of methoxy groups -OCH3 is 1. The van der Waals surface area contributed by atoms with Crippen LogP contribution in [0.15, 0.2) is 18.2 Å². The molecule has 0 fully saturated rings. The number of benzene rings is 1. The normalized spacial score (nSPS) is 10.1. The predicted molar refractivity (Wildman–Crippen MR) is 76.1 cm³/mol. The molecule has 0 heterocycles. The summed E-state index contributed by atoms with van der Waals surface area (Å²) < 4.78 is 5.20. The molecular formula is C13H19NO3S. The molecule has 1 aromatic carbocycles. The zero-order valence-electron chi connectivity index (χ0n) is 10.7. The molecule has 4 nitrogen and oxygen atoms in total. The van der Waals surface area contributed by atoms with Gasteiger partial charge in [0.15, 0.2) is 0 Å². The van der Waals surface area contributed by atoms with Gasteiger partial charge in [0, 0.05) is 6.54 Å². The number of thioether (sulfide) groups is 1. The van der Waals surface area contributed by atoms with Crippen LogP contribution in [-0.4, -0.2) is 36.2 Å². The van der Waals surface area contributed by atoms with Gasteiger partial charge in [0.1, 0.15) is 5.75 Å². The number of ether oxygens (including phenoxy) is 1. The number of nitrogens with one attached hydrogen (secondary N) is 1. The van der Waals surface area contributed by atoms with Crippen molar-refractivity contribution >= 4 is 23.4 Å². The minimum absolute atomic E-state index is 0.265. The van der Waals surface area contributed by atoms with E-state index in [1.807, 2.05) is 11.8 Å². The van der Waals surface area contributed by atoms with Gasteiger partial charge in [-0.3, -0.25) is 0 Å². The quantitative estimate of drug-likeness (QED) is 0.711. The van der Waals surface area contributed by atoms with Crippen molar-refractivity contribution < 1.29 is 14.6 Å². The van der Waals surface area contributed by atoms with Gasteiger partial charge in [0.05, 0.1) is 18.4 Å². The van der Waals surface area contributed by atoms with Crippen molar-refractivity contribution in [3.63, 3.8) is 0 Å². The Hall–Kier alpha value is -1.36. The summed E-state index contributed by atoms with van der Waals surface area (Å²) in [7, 11) is 1.58. The van der Waals surface area contributed by atoms with E-state index in [-0.39, 0.29) is 5.56 Å². The smallest absolute Gasteiger partial charge is 0.335 e. The molecule has 0 aliphatic heterocycles. The fraction of sp³-hybridized carbons (Fsp3) is 0.462. The highest BCUT2D eigenvalue weighted by Gasteiger charge is 2.08. The van der Waals surface area contributed by atoms with Crippen molar-refractivity contribution in [2.75, 3.05) is 30.5 Å². The molecule has 2 N–H and O–H groups in total. The van der Waals surface area contributed by atoms with Crippen LogP contribution in [0, 0.1) is 0 Å². The summed E-state index contributed by atoms with van der Waals surface area (Å²) >= 11 is 1.90. The first-order valence-corrected chi connectivity index (χ1v) is 7.07. The van der Waals surface area contributed by atoms with Gasteiger partial charge in [-0.2, -0.15) is 11.8 Å². The molecule has 1 rings (SSSR count). The van der Waals surface area contributed by atoms with Gasteiger partial charge < -0.3 is 15.2 Å². The topological polar surface area (TPSA) is 58.6 Å². The van der Waals surface area contributed by atoms with E-state index in [0.717, 1.165) is 30.2 Å². The van der Waals surface area contributed by atoms with Crippen molar-refractivity contribution in [1.29, 1.82) is 0 Å². The minimum Gasteiger partial charge on any atom is -0.495 e. The van der Waals surface area contributed by atoms with Gasteiger partial charge in [-0.15, -0.1) is 0 Å². The largest absolute Gasteiger partial charge is 0.495 e. The van der Waals surface area contributed by atoms with E-state index in [4.69, 9.17) is 9.84 Å². The van der Waals surface area contributed by atoms with E-state index in [1.165, 1.54) is 0 Å². The SMILES string of the molecule is CCSCCCNc1cc(C(=O)O)ccc1OC. The zero-order chi connectivity index (χ0) is 13.4. The molecular weight excluding hydrogens is 250 g/mol. The summed E-state index contributed by atoms with van der Waals surface area (Å²) in [4.78, 5) is 10.9. The highest BCUT2D eigenvalue weighted by Crippen LogP contribution is 2.25. The van der Waals surface area contributed by atoms with Crippen LogP contribution in [0.2, 0.25) is 0 Å². The molecule has 100 valence electrons. The van der Waals surface area contributed by atoms with E-state index in [9.17, 15) is 4.79 Å². The van der Waals surface area contributed by atoms with Gasteiger partial charge in [-0.25, -0.2) is 4.79 Å². The van der Waals surface area contributed by atoms with Crippen LogP contribution in [0.1, 0.15) is 23.7 Å². The molecule has 0 saturated carbocycles. The number of carbonyl (C=O) groups is 1. The maximum atomic E-state index is 10.9. The van der Waals surface area contributed by atoms with Crippen molar-refractivity contribution in [2.24, 2.45) is 0 Å². The molecule has 0 unspecified atom stereocenters. The van der Waals surface area contributed by atoms with Gasteiger partial charge in [-0.05, 0) is 36.1 Å². The first-order chi connectivity index (χ1) is 8.69. The molecule has 0 bridgehead atoms. The summed E-state index contributed by atoms with van der Waals surface area (Å²) in [6.45, 7) is 2.95. The predicted octanol–water partition coefficient (Wildman–Crippen LogP) is 2.95. The van der Waals surface area contributed by atoms with Crippen LogP contribution in [0.3, 0.4) is 0 Å². The number of aromatic carboxylic acids is 1. The number of rotatable bonds is 8. The summed E-state index contributed by atoms with van der Waals surface area (Å²) in [6, 6.07) is 4.82. The van der Waals surface area contributed by atoms with Crippen molar-refractivity contribution in [2.45, 2.75) is 13.3 Å². The lowest BCUT2D eigenvalue weighted by molar-refractivity contribution is 0.0697. The summed E-state index contributed by atoms with van der Waals surface area (Å²) in [6.07, 6.45) is 1.04. The molecule has 18 heavy (non-hydrogen) atoms. The van der Waals surface area contributed by atoms with E-state index in [0.29, 0.717) is 5.75 Å². The monoisotopic (exact) mass is 269 g/mol. The van der Waals surface area contributed by atoms with Crippen LogP contribution in [0.25, 0.3) is 0 Å². The maximum Gasteiger partial charge on any atom is 0.335 e. The van der Waals surface area contributed by atoms with Crippen LogP contribution in [0.5, 0.6) is 5.75 Å². The lowest BCUT2D eigenvalue weighted by atomic mass is 10.2. The Labute approximate surface area is 112 Å². The Morgan fingerprint density at radius 1 is 1.50 bits per heavy atom. The van der Waals surface area contributed by atoms with Gasteiger partial charge in [0.2, 0.25) is 0 Å². The summed E-state index contributed by atoms with van der Waals surface area (Å²) in [5.41, 5.74) is 1.00. The fourth-order valence-corrected chi connectivity index (χ4v) is 2.16. The first-order valence-electron chi connectivity index (χ1n) is 5.92. The highest BCUT2D eigenvalue weighted by molar-refractivity contribution is 7.99. The van der Waals surface area contributed by atoms with Crippen LogP contribution in [-0.2, 0) is 0 Å². The average Bonchev–Trinajstić information content (AvgIpc) is 2.38. The van der Waals surface area contributed by atoms with E-state index < -0.39 is 5.97 Å². The summed E-state index contributed by atoms with van der Waals surface area (Å²) in [5, 5.41) is 12.2. The molecule has 0 spiro atoms. The molecule has 0 saturated heterocycles. The Kier molecular flexibility index (Phi) is 6.43. The molecule has 0 aliphatic rings. The minimum atomic E-state index is -0.928. The Morgan fingerprint density at radius 2 is 2.28 bits per heavy atom. The molecule has 1 aromatic rings. The van der Waals surface area contributed by atoms with Crippen molar-refractivity contribution in [3.05, 3.63) is 23.8 Å². The third kappa shape index (κ3) is 4.49. The third-order valence-electron chi connectivity index (χ3n) is 2.43. The second-order valence-corrected chi connectivity index (χ2v) is 5.09. The third-order valence-corrected chi connectivity index (χ3v) is 3.42. The molecule has 0 atom stereocenters. The van der Waals surface area contributed by atoms with Crippen LogP contribution in [0.4, 0.5) is 5.69 Å². The van der Waals surface area contributed by atoms with E-state index >= 15 is 0 Å². The lowest BCUT2D eigenvalue weighted by Crippen LogP contribution is -2.06. The number of carboxylic acid groups (broad SMARTS) is 1. The number of anilines is 1. The van der Waals surface area contributed by atoms with Crippen molar-refractivity contribution in [3.8, 4) is 5.75 Å². The number of hydrogen-bond acceptors (Lipinski definition) is 4. The Bertz CT molecular complexity index is 396. The average molecular weight is 269 g/mol. The standard InChI is InChI=1S/C13H19NO3S/c1-3-18-8-4-7-14-11-9-10(13(15)16)5-6-12(11)17-2/h5-6,9,14H,3-4,7-8H2,1-2H3,(H,15,16). The van der Waals surface area contributed by atoms with Crippen LogP contribution < -0.4 is 10.1 Å². The maximum absolute atomic E-state index is 10.9. The van der Waals surface area contributed by atoms with E-state index in [2.05, 4.69) is 12.2 Å². The van der Waals surface area contributed by atoms with Gasteiger partial charge >= 0.3 is 5.97 Å². The zero-order valence-corrected chi connectivity index (χ0v) is 11.5. The second-order valence-electron chi connectivity index (χ2n) is 3.70. The van der Waals surface area contributed by atoms with Gasteiger partial charge in [0.25, 0.3) is 0 Å². The molecule has 0 aliphatic carbocycles. The number of carboxylic acids is 1. The van der Waals surface area contributed by atoms with Gasteiger partial charge in [-0.1, -0.05) is 6.92 Å². The first kappa shape index (κ1) is 14.7. The highest BCUT2D eigenvalue weighted by atomic mass is 32.2. The second kappa shape index (κ2) is 7.87. The number of hydrogen-bond donors (Lipinski definition) is 2. The molecule has 5 heteroatoms. The molecule has 0 amide bonds. The fourth-order valence-electron chi connectivity index (χ4n) is 1.52. The lowest BCUT2D eigenvalue weighted by Gasteiger charge is -2.11. The molecule has 0 aromatic heterocycles. The Balaban J connectivity index is 2.61.